The Bertz CT molecular complexity index is 984. The van der Waals surface area contributed by atoms with E-state index in [1.54, 1.807) is 24.3 Å². The standard InChI is InChI=1S/C25H29ClN2O4/c1-4-5-16-32-20-12-8-17(9-13-20)22-21(23(29)18-6-10-19(26)11-7-18)24(30)25(31)28(22)15-14-27(2)3/h6-13,22,29H,4-5,14-16H2,1-3H3/b23-21+. The van der Waals surface area contributed by atoms with Gasteiger partial charge in [-0.25, -0.2) is 0 Å². The molecule has 0 spiro atoms. The van der Waals surface area contributed by atoms with Crippen molar-refractivity contribution in [3.63, 3.8) is 0 Å². The Morgan fingerprint density at radius 1 is 1.09 bits per heavy atom. The molecule has 1 heterocycles. The number of aliphatic hydroxyl groups excluding tert-OH is 1. The first-order valence-corrected chi connectivity index (χ1v) is 11.1. The van der Waals surface area contributed by atoms with Gasteiger partial charge < -0.3 is 19.6 Å². The Kier molecular flexibility index (Phi) is 7.94. The average molecular weight is 457 g/mol. The van der Waals surface area contributed by atoms with Crippen molar-refractivity contribution in [2.75, 3.05) is 33.8 Å². The minimum Gasteiger partial charge on any atom is -0.507 e. The highest BCUT2D eigenvalue weighted by atomic mass is 35.5. The quantitative estimate of drug-likeness (QED) is 0.260. The minimum absolute atomic E-state index is 0.0794. The number of benzene rings is 2. The molecule has 2 aromatic rings. The summed E-state index contributed by atoms with van der Waals surface area (Å²) in [6.07, 6.45) is 2.01. The number of unbranched alkanes of at least 4 members (excludes halogenated alkanes) is 1. The predicted octanol–water partition coefficient (Wildman–Crippen LogP) is 4.50. The van der Waals surface area contributed by atoms with Crippen LogP contribution in [0.4, 0.5) is 0 Å². The lowest BCUT2D eigenvalue weighted by molar-refractivity contribution is -0.140. The summed E-state index contributed by atoms with van der Waals surface area (Å²) in [7, 11) is 3.81. The zero-order valence-electron chi connectivity index (χ0n) is 18.7. The molecule has 1 N–H and O–H groups in total. The van der Waals surface area contributed by atoms with Crippen LogP contribution in [0.15, 0.2) is 54.1 Å². The Morgan fingerprint density at radius 3 is 2.34 bits per heavy atom. The van der Waals surface area contributed by atoms with Gasteiger partial charge in [0.25, 0.3) is 11.7 Å². The van der Waals surface area contributed by atoms with Crippen molar-refractivity contribution in [3.8, 4) is 5.75 Å². The van der Waals surface area contributed by atoms with Crippen LogP contribution >= 0.6 is 11.6 Å². The summed E-state index contributed by atoms with van der Waals surface area (Å²) in [5.74, 6) is -0.786. The second-order valence-electron chi connectivity index (χ2n) is 8.07. The van der Waals surface area contributed by atoms with Crippen LogP contribution in [-0.2, 0) is 9.59 Å². The molecule has 7 heteroatoms. The largest absolute Gasteiger partial charge is 0.507 e. The van der Waals surface area contributed by atoms with E-state index in [1.165, 1.54) is 4.90 Å². The molecule has 0 aliphatic carbocycles. The summed E-state index contributed by atoms with van der Waals surface area (Å²) in [6, 6.07) is 13.2. The van der Waals surface area contributed by atoms with E-state index in [-0.39, 0.29) is 11.3 Å². The number of Topliss-reactive ketones (excluding diaryl/α,β-unsaturated/α-hetero) is 1. The molecular weight excluding hydrogens is 428 g/mol. The van der Waals surface area contributed by atoms with Crippen molar-refractivity contribution in [2.24, 2.45) is 0 Å². The van der Waals surface area contributed by atoms with Crippen molar-refractivity contribution in [3.05, 3.63) is 70.3 Å². The van der Waals surface area contributed by atoms with E-state index in [4.69, 9.17) is 16.3 Å². The van der Waals surface area contributed by atoms with E-state index in [0.717, 1.165) is 24.2 Å². The molecule has 32 heavy (non-hydrogen) atoms. The van der Waals surface area contributed by atoms with Gasteiger partial charge >= 0.3 is 0 Å². The maximum Gasteiger partial charge on any atom is 0.295 e. The van der Waals surface area contributed by atoms with Crippen LogP contribution in [-0.4, -0.2) is 60.4 Å². The van der Waals surface area contributed by atoms with Gasteiger partial charge in [-0.15, -0.1) is 0 Å². The second kappa shape index (κ2) is 10.7. The fourth-order valence-corrected chi connectivity index (χ4v) is 3.73. The number of nitrogens with zero attached hydrogens (tertiary/aromatic N) is 2. The molecule has 6 nitrogen and oxygen atoms in total. The fraction of sp³-hybridized carbons (Fsp3) is 0.360. The number of carbonyl (C=O) groups excluding carboxylic acids is 2. The normalized spacial score (nSPS) is 17.9. The van der Waals surface area contributed by atoms with Crippen LogP contribution < -0.4 is 4.74 Å². The molecule has 170 valence electrons. The SMILES string of the molecule is CCCCOc1ccc(C2/C(=C(\O)c3ccc(Cl)cc3)C(=O)C(=O)N2CCN(C)C)cc1. The number of likely N-dealkylation sites (N-methyl/N-ethyl adjacent to an activating group) is 1. The van der Waals surface area contributed by atoms with Gasteiger partial charge in [-0.2, -0.15) is 0 Å². The van der Waals surface area contributed by atoms with E-state index in [0.29, 0.717) is 30.3 Å². The first kappa shape index (κ1) is 23.8. The Hall–Kier alpha value is -2.83. The Balaban J connectivity index is 2.02. The second-order valence-corrected chi connectivity index (χ2v) is 8.51. The molecular formula is C25H29ClN2O4. The smallest absolute Gasteiger partial charge is 0.295 e. The highest BCUT2D eigenvalue weighted by Crippen LogP contribution is 2.39. The van der Waals surface area contributed by atoms with E-state index in [2.05, 4.69) is 6.92 Å². The fourth-order valence-electron chi connectivity index (χ4n) is 3.61. The predicted molar refractivity (Wildman–Crippen MR) is 126 cm³/mol. The summed E-state index contributed by atoms with van der Waals surface area (Å²) in [4.78, 5) is 29.4. The molecule has 0 aromatic heterocycles. The van der Waals surface area contributed by atoms with Crippen LogP contribution in [0.5, 0.6) is 5.75 Å². The first-order valence-electron chi connectivity index (χ1n) is 10.7. The number of ether oxygens (including phenoxy) is 1. The van der Waals surface area contributed by atoms with Gasteiger partial charge in [-0.1, -0.05) is 37.1 Å². The van der Waals surface area contributed by atoms with Gasteiger partial charge in [0.2, 0.25) is 0 Å². The highest BCUT2D eigenvalue weighted by molar-refractivity contribution is 6.46. The topological polar surface area (TPSA) is 70.1 Å². The van der Waals surface area contributed by atoms with Crippen molar-refractivity contribution in [1.82, 2.24) is 9.80 Å². The number of carbonyl (C=O) groups is 2. The van der Waals surface area contributed by atoms with Crippen molar-refractivity contribution in [1.29, 1.82) is 0 Å². The van der Waals surface area contributed by atoms with Crippen LogP contribution in [0.3, 0.4) is 0 Å². The molecule has 1 aliphatic rings. The average Bonchev–Trinajstić information content (AvgIpc) is 3.03. The van der Waals surface area contributed by atoms with E-state index >= 15 is 0 Å². The molecule has 0 bridgehead atoms. The summed E-state index contributed by atoms with van der Waals surface area (Å²) in [6.45, 7) is 3.68. The minimum atomic E-state index is -0.690. The molecule has 0 radical (unpaired) electrons. The molecule has 1 atom stereocenters. The third kappa shape index (κ3) is 5.31. The molecule has 3 rings (SSSR count). The van der Waals surface area contributed by atoms with Crippen LogP contribution in [0.1, 0.15) is 36.9 Å². The zero-order valence-corrected chi connectivity index (χ0v) is 19.4. The number of halogens is 1. The molecule has 1 amide bonds. The third-order valence-electron chi connectivity index (χ3n) is 5.41. The number of amides is 1. The van der Waals surface area contributed by atoms with Gasteiger partial charge in [0, 0.05) is 23.7 Å². The van der Waals surface area contributed by atoms with Gasteiger partial charge in [-0.05, 0) is 62.5 Å². The van der Waals surface area contributed by atoms with Crippen LogP contribution in [0.2, 0.25) is 5.02 Å². The van der Waals surface area contributed by atoms with Crippen molar-refractivity contribution >= 4 is 29.1 Å². The summed E-state index contributed by atoms with van der Waals surface area (Å²) >= 11 is 5.96. The number of hydrogen-bond donors (Lipinski definition) is 1. The lowest BCUT2D eigenvalue weighted by Gasteiger charge is -2.26. The number of aliphatic hydroxyl groups is 1. The van der Waals surface area contributed by atoms with Gasteiger partial charge in [0.15, 0.2) is 0 Å². The summed E-state index contributed by atoms with van der Waals surface area (Å²) in [5, 5.41) is 11.5. The maximum atomic E-state index is 13.0. The molecule has 1 fully saturated rings. The van der Waals surface area contributed by atoms with Crippen LogP contribution in [0.25, 0.3) is 5.76 Å². The van der Waals surface area contributed by atoms with Crippen molar-refractivity contribution in [2.45, 2.75) is 25.8 Å². The number of rotatable bonds is 9. The molecule has 1 saturated heterocycles. The van der Waals surface area contributed by atoms with Gasteiger partial charge in [0.05, 0.1) is 18.2 Å². The lowest BCUT2D eigenvalue weighted by Crippen LogP contribution is -2.35. The lowest BCUT2D eigenvalue weighted by atomic mass is 9.95. The van der Waals surface area contributed by atoms with E-state index < -0.39 is 17.7 Å². The Labute approximate surface area is 194 Å². The molecule has 1 unspecified atom stereocenters. The maximum absolute atomic E-state index is 13.0. The van der Waals surface area contributed by atoms with E-state index in [9.17, 15) is 14.7 Å². The van der Waals surface area contributed by atoms with Gasteiger partial charge in [0.1, 0.15) is 11.5 Å². The first-order chi connectivity index (χ1) is 15.3. The third-order valence-corrected chi connectivity index (χ3v) is 5.66. The zero-order chi connectivity index (χ0) is 23.3. The highest BCUT2D eigenvalue weighted by Gasteiger charge is 2.45. The van der Waals surface area contributed by atoms with E-state index in [1.807, 2.05) is 43.3 Å². The summed E-state index contributed by atoms with van der Waals surface area (Å²) < 4.78 is 5.74. The van der Waals surface area contributed by atoms with Crippen molar-refractivity contribution < 1.29 is 19.4 Å². The van der Waals surface area contributed by atoms with Gasteiger partial charge in [-0.3, -0.25) is 9.59 Å². The Morgan fingerprint density at radius 2 is 1.75 bits per heavy atom. The monoisotopic (exact) mass is 456 g/mol. The molecule has 2 aromatic carbocycles. The number of ketones is 1. The number of hydrogen-bond acceptors (Lipinski definition) is 5. The molecule has 1 aliphatic heterocycles. The number of likely N-dealkylation sites (tertiary alicyclic amines) is 1. The molecule has 0 saturated carbocycles. The van der Waals surface area contributed by atoms with Crippen LogP contribution in [0, 0.1) is 0 Å². The summed E-state index contributed by atoms with van der Waals surface area (Å²) in [5.41, 5.74) is 1.25.